The zero-order chi connectivity index (χ0) is 18.1. The highest BCUT2D eigenvalue weighted by Gasteiger charge is 2.61. The van der Waals surface area contributed by atoms with Crippen LogP contribution in [0, 0.1) is 17.3 Å². The smallest absolute Gasteiger partial charge is 0.466 e. The standard InChI is InChI=1S/C17H18ClF3O3/c1-4-23-15(22)14-12(16(14,2)3)8-6-10-5-7-11(9-13(10)18)24-17(19,20)21/h5-9,12,14H,4H2,1-3H3/b8-6+. The maximum absolute atomic E-state index is 12.2. The van der Waals surface area contributed by atoms with E-state index in [1.807, 2.05) is 19.9 Å². The fourth-order valence-electron chi connectivity index (χ4n) is 2.77. The monoisotopic (exact) mass is 362 g/mol. The van der Waals surface area contributed by atoms with Gasteiger partial charge in [-0.05, 0) is 42.0 Å². The first-order valence-electron chi connectivity index (χ1n) is 7.46. The molecule has 2 atom stereocenters. The Morgan fingerprint density at radius 3 is 2.58 bits per heavy atom. The molecule has 24 heavy (non-hydrogen) atoms. The van der Waals surface area contributed by atoms with E-state index in [0.717, 1.165) is 6.07 Å². The van der Waals surface area contributed by atoms with Crippen LogP contribution in [-0.4, -0.2) is 18.9 Å². The average Bonchev–Trinajstić information content (AvgIpc) is 2.98. The molecule has 0 bridgehead atoms. The van der Waals surface area contributed by atoms with Gasteiger partial charge in [-0.1, -0.05) is 37.6 Å². The van der Waals surface area contributed by atoms with Gasteiger partial charge >= 0.3 is 12.3 Å². The normalized spacial score (nSPS) is 22.5. The fraction of sp³-hybridized carbons (Fsp3) is 0.471. The highest BCUT2D eigenvalue weighted by Crippen LogP contribution is 2.59. The van der Waals surface area contributed by atoms with E-state index in [4.69, 9.17) is 16.3 Å². The number of halogens is 4. The van der Waals surface area contributed by atoms with E-state index in [1.54, 1.807) is 13.0 Å². The molecule has 1 aromatic carbocycles. The lowest BCUT2D eigenvalue weighted by Crippen LogP contribution is -2.17. The molecular formula is C17H18ClF3O3. The lowest BCUT2D eigenvalue weighted by Gasteiger charge is -2.09. The van der Waals surface area contributed by atoms with Crippen LogP contribution in [0.2, 0.25) is 5.02 Å². The molecule has 0 aromatic heterocycles. The summed E-state index contributed by atoms with van der Waals surface area (Å²) in [4.78, 5) is 11.9. The van der Waals surface area contributed by atoms with Gasteiger partial charge in [0.1, 0.15) is 5.75 Å². The second-order valence-corrected chi connectivity index (χ2v) is 6.57. The molecule has 7 heteroatoms. The molecule has 0 spiro atoms. The van der Waals surface area contributed by atoms with Gasteiger partial charge in [0.15, 0.2) is 0 Å². The minimum atomic E-state index is -4.76. The second-order valence-electron chi connectivity index (χ2n) is 6.17. The molecule has 0 N–H and O–H groups in total. The summed E-state index contributed by atoms with van der Waals surface area (Å²) in [5, 5.41) is 0.138. The maximum Gasteiger partial charge on any atom is 0.573 e. The molecule has 0 saturated heterocycles. The summed E-state index contributed by atoms with van der Waals surface area (Å²) in [6.45, 7) is 6.01. The van der Waals surface area contributed by atoms with E-state index >= 15 is 0 Å². The number of carbonyl (C=O) groups excluding carboxylic acids is 1. The number of rotatable bonds is 5. The summed E-state index contributed by atoms with van der Waals surface area (Å²) >= 11 is 5.99. The van der Waals surface area contributed by atoms with E-state index in [0.29, 0.717) is 12.2 Å². The van der Waals surface area contributed by atoms with Crippen LogP contribution in [0.1, 0.15) is 26.3 Å². The Kier molecular flexibility index (Phi) is 5.18. The molecule has 2 unspecified atom stereocenters. The molecule has 0 amide bonds. The molecule has 0 aliphatic heterocycles. The molecule has 1 aromatic rings. The van der Waals surface area contributed by atoms with Gasteiger partial charge in [-0.3, -0.25) is 4.79 Å². The van der Waals surface area contributed by atoms with Crippen molar-refractivity contribution in [2.75, 3.05) is 6.61 Å². The van der Waals surface area contributed by atoms with Gasteiger partial charge in [-0.2, -0.15) is 0 Å². The van der Waals surface area contributed by atoms with Crippen LogP contribution in [0.5, 0.6) is 5.75 Å². The van der Waals surface area contributed by atoms with Crippen molar-refractivity contribution in [2.24, 2.45) is 17.3 Å². The molecule has 1 fully saturated rings. The van der Waals surface area contributed by atoms with Crippen LogP contribution in [0.4, 0.5) is 13.2 Å². The Labute approximate surface area is 143 Å². The minimum Gasteiger partial charge on any atom is -0.466 e. The molecule has 3 nitrogen and oxygen atoms in total. The third kappa shape index (κ3) is 4.23. The third-order valence-electron chi connectivity index (χ3n) is 4.14. The summed E-state index contributed by atoms with van der Waals surface area (Å²) in [5.41, 5.74) is 0.339. The summed E-state index contributed by atoms with van der Waals surface area (Å²) < 4.78 is 45.4. The first kappa shape index (κ1) is 18.6. The molecule has 1 aliphatic carbocycles. The highest BCUT2D eigenvalue weighted by molar-refractivity contribution is 6.32. The van der Waals surface area contributed by atoms with Gasteiger partial charge in [0.25, 0.3) is 0 Å². The van der Waals surface area contributed by atoms with Crippen molar-refractivity contribution >= 4 is 23.6 Å². The van der Waals surface area contributed by atoms with Crippen LogP contribution in [0.3, 0.4) is 0 Å². The summed E-state index contributed by atoms with van der Waals surface area (Å²) in [5.74, 6) is -0.836. The van der Waals surface area contributed by atoms with Crippen LogP contribution in [-0.2, 0) is 9.53 Å². The fourth-order valence-corrected chi connectivity index (χ4v) is 3.00. The zero-order valence-electron chi connectivity index (χ0n) is 13.5. The number of ether oxygens (including phenoxy) is 2. The summed E-state index contributed by atoms with van der Waals surface area (Å²) in [6, 6.07) is 3.74. The lowest BCUT2D eigenvalue weighted by molar-refractivity contribution is -0.274. The molecule has 1 aliphatic rings. The first-order valence-corrected chi connectivity index (χ1v) is 7.84. The van der Waals surface area contributed by atoms with Crippen molar-refractivity contribution in [3.05, 3.63) is 34.9 Å². The number of benzene rings is 1. The van der Waals surface area contributed by atoms with Crippen LogP contribution in [0.15, 0.2) is 24.3 Å². The van der Waals surface area contributed by atoms with Gasteiger partial charge in [0.05, 0.1) is 17.5 Å². The molecule has 0 heterocycles. The summed E-state index contributed by atoms with van der Waals surface area (Å²) in [7, 11) is 0. The molecule has 0 radical (unpaired) electrons. The Bertz CT molecular complexity index is 653. The number of carbonyl (C=O) groups is 1. The van der Waals surface area contributed by atoms with Crippen molar-refractivity contribution in [1.82, 2.24) is 0 Å². The van der Waals surface area contributed by atoms with E-state index in [9.17, 15) is 18.0 Å². The Morgan fingerprint density at radius 1 is 1.38 bits per heavy atom. The van der Waals surface area contributed by atoms with Crippen molar-refractivity contribution in [3.8, 4) is 5.75 Å². The Balaban J connectivity index is 2.09. The van der Waals surface area contributed by atoms with Crippen LogP contribution < -0.4 is 4.74 Å². The average molecular weight is 363 g/mol. The summed E-state index contributed by atoms with van der Waals surface area (Å²) in [6.07, 6.45) is -1.22. The number of alkyl halides is 3. The number of hydrogen-bond donors (Lipinski definition) is 0. The second kappa shape index (κ2) is 6.67. The number of hydrogen-bond acceptors (Lipinski definition) is 3. The predicted octanol–water partition coefficient (Wildman–Crippen LogP) is 5.09. The van der Waals surface area contributed by atoms with Crippen molar-refractivity contribution in [1.29, 1.82) is 0 Å². The van der Waals surface area contributed by atoms with Crippen molar-refractivity contribution < 1.29 is 27.4 Å². The molecule has 2 rings (SSSR count). The SMILES string of the molecule is CCOC(=O)C1C(/C=C/c2ccc(OC(F)(F)F)cc2Cl)C1(C)C. The van der Waals surface area contributed by atoms with E-state index < -0.39 is 6.36 Å². The van der Waals surface area contributed by atoms with Gasteiger partial charge in [-0.25, -0.2) is 0 Å². The van der Waals surface area contributed by atoms with E-state index in [-0.39, 0.29) is 34.0 Å². The van der Waals surface area contributed by atoms with E-state index in [1.165, 1.54) is 12.1 Å². The zero-order valence-corrected chi connectivity index (χ0v) is 14.2. The van der Waals surface area contributed by atoms with Gasteiger partial charge < -0.3 is 9.47 Å². The topological polar surface area (TPSA) is 35.5 Å². The number of esters is 1. The quantitative estimate of drug-likeness (QED) is 0.685. The van der Waals surface area contributed by atoms with E-state index in [2.05, 4.69) is 4.74 Å². The molecule has 1 saturated carbocycles. The Hall–Kier alpha value is -1.69. The highest BCUT2D eigenvalue weighted by atomic mass is 35.5. The lowest BCUT2D eigenvalue weighted by atomic mass is 10.1. The van der Waals surface area contributed by atoms with Crippen LogP contribution >= 0.6 is 11.6 Å². The molecular weight excluding hydrogens is 345 g/mol. The third-order valence-corrected chi connectivity index (χ3v) is 4.47. The van der Waals surface area contributed by atoms with Gasteiger partial charge in [0.2, 0.25) is 0 Å². The Morgan fingerprint density at radius 2 is 2.04 bits per heavy atom. The number of allylic oxidation sites excluding steroid dienone is 1. The predicted molar refractivity (Wildman–Crippen MR) is 84.6 cm³/mol. The van der Waals surface area contributed by atoms with Crippen LogP contribution in [0.25, 0.3) is 6.08 Å². The molecule has 132 valence electrons. The largest absolute Gasteiger partial charge is 0.573 e. The van der Waals surface area contributed by atoms with Crippen molar-refractivity contribution in [2.45, 2.75) is 27.1 Å². The van der Waals surface area contributed by atoms with Crippen molar-refractivity contribution in [3.63, 3.8) is 0 Å². The van der Waals surface area contributed by atoms with Gasteiger partial charge in [-0.15, -0.1) is 13.2 Å². The minimum absolute atomic E-state index is 0.00119. The first-order chi connectivity index (χ1) is 11.1. The van der Waals surface area contributed by atoms with Gasteiger partial charge in [0, 0.05) is 0 Å². The maximum atomic E-state index is 12.2.